The highest BCUT2D eigenvalue weighted by Gasteiger charge is 2.25. The fourth-order valence-electron chi connectivity index (χ4n) is 3.96. The van der Waals surface area contributed by atoms with Crippen molar-refractivity contribution in [3.63, 3.8) is 0 Å². The highest BCUT2D eigenvalue weighted by atomic mass is 32.1. The fourth-order valence-corrected chi connectivity index (χ4v) is 5.02. The average Bonchev–Trinajstić information content (AvgIpc) is 3.48. The molecular weight excluding hydrogens is 484 g/mol. The Hall–Kier alpha value is -4.44. The number of nitrogens with zero attached hydrogens (tertiary/aromatic N) is 3. The van der Waals surface area contributed by atoms with Crippen LogP contribution < -0.4 is 11.1 Å². The molecule has 0 aliphatic carbocycles. The number of hydrogen-bond donors (Lipinski definition) is 2. The second-order valence-corrected chi connectivity index (χ2v) is 9.01. The van der Waals surface area contributed by atoms with E-state index in [0.29, 0.717) is 16.6 Å². The Balaban J connectivity index is 1.63. The molecule has 0 radical (unpaired) electrons. The number of fused-ring (bicyclic) bond motifs is 1. The lowest BCUT2D eigenvalue weighted by Gasteiger charge is -2.08. The molecule has 7 nitrogen and oxygen atoms in total. The van der Waals surface area contributed by atoms with Crippen LogP contribution >= 0.6 is 11.3 Å². The van der Waals surface area contributed by atoms with Gasteiger partial charge in [-0.05, 0) is 30.7 Å². The number of benzene rings is 2. The number of aryl methyl sites for hydroxylation is 1. The number of carbonyl (C=O) groups is 2. The Bertz CT molecular complexity index is 1600. The molecule has 5 aromatic rings. The summed E-state index contributed by atoms with van der Waals surface area (Å²) in [4.78, 5) is 30.0. The van der Waals surface area contributed by atoms with E-state index in [1.165, 1.54) is 6.07 Å². The molecule has 0 saturated carbocycles. The summed E-state index contributed by atoms with van der Waals surface area (Å²) in [5.74, 6) is -1.33. The van der Waals surface area contributed by atoms with E-state index >= 15 is 0 Å². The molecule has 180 valence electrons. The summed E-state index contributed by atoms with van der Waals surface area (Å²) >= 11 is 0.863. The molecule has 0 aliphatic rings. The third-order valence-electron chi connectivity index (χ3n) is 5.59. The van der Waals surface area contributed by atoms with E-state index in [1.807, 2.05) is 60.7 Å². The van der Waals surface area contributed by atoms with Gasteiger partial charge in [0.1, 0.15) is 21.1 Å². The SMILES string of the molecule is Cc1cc(C(F)F)nc2sc(C(N)=O)c(NC(=O)c3cn(-c4ccccc4)nc3-c3ccccc3)c12. The first-order valence-corrected chi connectivity index (χ1v) is 11.7. The smallest absolute Gasteiger partial charge is 0.280 e. The molecule has 0 aliphatic heterocycles. The molecule has 0 unspecified atom stereocenters. The molecule has 2 aromatic carbocycles. The highest BCUT2D eigenvalue weighted by molar-refractivity contribution is 7.21. The molecule has 0 atom stereocenters. The van der Waals surface area contributed by atoms with Crippen molar-refractivity contribution in [3.05, 3.63) is 94.6 Å². The standard InChI is InChI=1S/C26H19F2N5O2S/c1-14-12-18(23(27)28)30-26-19(14)21(22(36-26)24(29)34)31-25(35)17-13-33(16-10-6-3-7-11-16)32-20(17)15-8-4-2-5-9-15/h2-13,23H,1H3,(H2,29,34)(H,31,35). The van der Waals surface area contributed by atoms with Crippen LogP contribution in [0.4, 0.5) is 14.5 Å². The maximum atomic E-state index is 13.6. The van der Waals surface area contributed by atoms with E-state index in [4.69, 9.17) is 5.73 Å². The van der Waals surface area contributed by atoms with Crippen LogP contribution in [0, 0.1) is 6.92 Å². The average molecular weight is 504 g/mol. The van der Waals surface area contributed by atoms with Crippen LogP contribution in [0.5, 0.6) is 0 Å². The van der Waals surface area contributed by atoms with E-state index in [1.54, 1.807) is 17.8 Å². The van der Waals surface area contributed by atoms with Gasteiger partial charge in [0.2, 0.25) is 0 Å². The van der Waals surface area contributed by atoms with Gasteiger partial charge in [-0.2, -0.15) is 5.10 Å². The molecule has 0 saturated heterocycles. The van der Waals surface area contributed by atoms with Gasteiger partial charge in [-0.1, -0.05) is 48.5 Å². The number of pyridine rings is 1. The van der Waals surface area contributed by atoms with Gasteiger partial charge in [0.15, 0.2) is 0 Å². The number of anilines is 1. The van der Waals surface area contributed by atoms with Gasteiger partial charge in [0.05, 0.1) is 16.9 Å². The zero-order valence-corrected chi connectivity index (χ0v) is 19.7. The van der Waals surface area contributed by atoms with Crippen molar-refractivity contribution in [2.24, 2.45) is 5.73 Å². The first kappa shape index (κ1) is 23.3. The predicted octanol–water partition coefficient (Wildman–Crippen LogP) is 5.75. The van der Waals surface area contributed by atoms with Crippen molar-refractivity contribution in [1.29, 1.82) is 0 Å². The van der Waals surface area contributed by atoms with Gasteiger partial charge >= 0.3 is 0 Å². The number of halogens is 2. The van der Waals surface area contributed by atoms with Crippen LogP contribution in [0.15, 0.2) is 72.9 Å². The topological polar surface area (TPSA) is 103 Å². The lowest BCUT2D eigenvalue weighted by Crippen LogP contribution is -2.17. The molecule has 3 N–H and O–H groups in total. The number of rotatable bonds is 6. The minimum absolute atomic E-state index is 0.0251. The number of thiophene rings is 1. The maximum absolute atomic E-state index is 13.6. The molecular formula is C26H19F2N5O2S. The van der Waals surface area contributed by atoms with Crippen LogP contribution in [0.3, 0.4) is 0 Å². The number of aromatic nitrogens is 3. The number of primary amides is 1. The van der Waals surface area contributed by atoms with Crippen molar-refractivity contribution in [1.82, 2.24) is 14.8 Å². The van der Waals surface area contributed by atoms with Gasteiger partial charge in [-0.25, -0.2) is 18.4 Å². The summed E-state index contributed by atoms with van der Waals surface area (Å²) in [6, 6.07) is 19.8. The number of para-hydroxylation sites is 1. The van der Waals surface area contributed by atoms with Crippen LogP contribution in [0.1, 0.15) is 37.7 Å². The largest absolute Gasteiger partial charge is 0.365 e. The second-order valence-electron chi connectivity index (χ2n) is 8.01. The lowest BCUT2D eigenvalue weighted by molar-refractivity contribution is 0.100. The first-order chi connectivity index (χ1) is 17.3. The van der Waals surface area contributed by atoms with Crippen molar-refractivity contribution >= 4 is 39.1 Å². The Labute approximate surface area is 208 Å². The predicted molar refractivity (Wildman–Crippen MR) is 135 cm³/mol. The number of nitrogens with two attached hydrogens (primary N) is 1. The molecule has 0 bridgehead atoms. The quantitative estimate of drug-likeness (QED) is 0.308. The zero-order valence-electron chi connectivity index (χ0n) is 18.9. The maximum Gasteiger partial charge on any atom is 0.280 e. The van der Waals surface area contributed by atoms with Crippen LogP contribution in [0.25, 0.3) is 27.2 Å². The molecule has 2 amide bonds. The van der Waals surface area contributed by atoms with Crippen molar-refractivity contribution < 1.29 is 18.4 Å². The summed E-state index contributed by atoms with van der Waals surface area (Å²) < 4.78 is 28.2. The highest BCUT2D eigenvalue weighted by Crippen LogP contribution is 2.39. The van der Waals surface area contributed by atoms with Gasteiger partial charge < -0.3 is 11.1 Å². The number of nitrogens with one attached hydrogen (secondary N) is 1. The Morgan fingerprint density at radius 2 is 1.72 bits per heavy atom. The van der Waals surface area contributed by atoms with Crippen molar-refractivity contribution in [3.8, 4) is 16.9 Å². The summed E-state index contributed by atoms with van der Waals surface area (Å²) in [6.07, 6.45) is -1.17. The molecule has 0 fully saturated rings. The number of hydrogen-bond acceptors (Lipinski definition) is 5. The minimum Gasteiger partial charge on any atom is -0.365 e. The summed E-state index contributed by atoms with van der Waals surface area (Å²) in [7, 11) is 0. The van der Waals surface area contributed by atoms with E-state index in [2.05, 4.69) is 15.4 Å². The van der Waals surface area contributed by atoms with Crippen LogP contribution in [-0.2, 0) is 0 Å². The number of amides is 2. The Morgan fingerprint density at radius 1 is 1.06 bits per heavy atom. The van der Waals surface area contributed by atoms with E-state index in [-0.39, 0.29) is 21.0 Å². The van der Waals surface area contributed by atoms with E-state index in [0.717, 1.165) is 22.6 Å². The second kappa shape index (κ2) is 9.31. The third kappa shape index (κ3) is 4.22. The lowest BCUT2D eigenvalue weighted by atomic mass is 10.1. The molecule has 5 rings (SSSR count). The molecule has 10 heteroatoms. The van der Waals surface area contributed by atoms with Gasteiger partial charge in [-0.3, -0.25) is 9.59 Å². The van der Waals surface area contributed by atoms with Crippen molar-refractivity contribution in [2.45, 2.75) is 13.3 Å². The zero-order chi connectivity index (χ0) is 25.4. The third-order valence-corrected chi connectivity index (χ3v) is 6.69. The molecule has 0 spiro atoms. The van der Waals surface area contributed by atoms with Crippen LogP contribution in [0.2, 0.25) is 0 Å². The molecule has 3 heterocycles. The minimum atomic E-state index is -2.78. The summed E-state index contributed by atoms with van der Waals surface area (Å²) in [5.41, 5.74) is 7.92. The van der Waals surface area contributed by atoms with Gasteiger partial charge in [0, 0.05) is 17.1 Å². The Morgan fingerprint density at radius 3 is 2.36 bits per heavy atom. The first-order valence-electron chi connectivity index (χ1n) is 10.9. The van der Waals surface area contributed by atoms with Crippen LogP contribution in [-0.4, -0.2) is 26.6 Å². The number of alkyl halides is 2. The Kier molecular flexibility index (Phi) is 6.03. The normalized spacial score (nSPS) is 11.2. The fraction of sp³-hybridized carbons (Fsp3) is 0.0769. The van der Waals surface area contributed by atoms with Crippen molar-refractivity contribution in [2.75, 3.05) is 5.32 Å². The summed E-state index contributed by atoms with van der Waals surface area (Å²) in [5, 5.41) is 7.82. The summed E-state index contributed by atoms with van der Waals surface area (Å²) in [6.45, 7) is 1.62. The van der Waals surface area contributed by atoms with Gasteiger partial charge in [0.25, 0.3) is 18.2 Å². The molecule has 36 heavy (non-hydrogen) atoms. The number of carbonyl (C=O) groups excluding carboxylic acids is 2. The van der Waals surface area contributed by atoms with E-state index < -0.39 is 23.9 Å². The molecule has 3 aromatic heterocycles. The van der Waals surface area contributed by atoms with Gasteiger partial charge in [-0.15, -0.1) is 11.3 Å². The van der Waals surface area contributed by atoms with E-state index in [9.17, 15) is 18.4 Å². The monoisotopic (exact) mass is 503 g/mol.